The van der Waals surface area contributed by atoms with E-state index >= 15 is 0 Å². The van der Waals surface area contributed by atoms with E-state index in [1.54, 1.807) is 12.1 Å². The van der Waals surface area contributed by atoms with Gasteiger partial charge < -0.3 is 9.15 Å². The Labute approximate surface area is 118 Å². The first-order valence-electron chi connectivity index (χ1n) is 6.44. The largest absolute Gasteiger partial charge is 0.463 e. The molecule has 1 aromatic heterocycles. The van der Waals surface area contributed by atoms with Crippen molar-refractivity contribution >= 4 is 15.8 Å². The molecule has 112 valence electrons. The summed E-state index contributed by atoms with van der Waals surface area (Å²) in [5, 5.41) is 0. The molecule has 6 nitrogen and oxygen atoms in total. The van der Waals surface area contributed by atoms with Gasteiger partial charge >= 0.3 is 5.97 Å². The highest BCUT2D eigenvalue weighted by Gasteiger charge is 2.33. The number of esters is 1. The summed E-state index contributed by atoms with van der Waals surface area (Å²) in [5.41, 5.74) is 0. The van der Waals surface area contributed by atoms with Crippen molar-refractivity contribution in [3.05, 3.63) is 23.7 Å². The van der Waals surface area contributed by atoms with Crippen molar-refractivity contribution in [2.24, 2.45) is 0 Å². The van der Waals surface area contributed by atoms with Gasteiger partial charge in [0.2, 0.25) is 5.76 Å². The quantitative estimate of drug-likeness (QED) is 0.779. The summed E-state index contributed by atoms with van der Waals surface area (Å²) in [4.78, 5) is 13.3. The van der Waals surface area contributed by atoms with Crippen LogP contribution in [-0.4, -0.2) is 51.0 Å². The molecule has 1 aliphatic heterocycles. The number of sulfone groups is 1. The fourth-order valence-electron chi connectivity index (χ4n) is 2.40. The third kappa shape index (κ3) is 3.04. The van der Waals surface area contributed by atoms with Crippen LogP contribution >= 0.6 is 0 Å². The van der Waals surface area contributed by atoms with Crippen LogP contribution in [0.4, 0.5) is 0 Å². The Balaban J connectivity index is 2.09. The molecular formula is C13H19NO5S. The lowest BCUT2D eigenvalue weighted by Crippen LogP contribution is -2.34. The maximum atomic E-state index is 11.5. The number of hydrogen-bond acceptors (Lipinski definition) is 6. The Morgan fingerprint density at radius 3 is 2.75 bits per heavy atom. The van der Waals surface area contributed by atoms with E-state index in [1.807, 2.05) is 18.9 Å². The van der Waals surface area contributed by atoms with Crippen LogP contribution in [0.3, 0.4) is 0 Å². The first-order valence-corrected chi connectivity index (χ1v) is 8.26. The molecule has 0 radical (unpaired) electrons. The first kappa shape index (κ1) is 15.1. The molecule has 0 bridgehead atoms. The number of nitrogens with zero attached hydrogens (tertiary/aromatic N) is 1. The molecule has 2 atom stereocenters. The maximum absolute atomic E-state index is 11.5. The number of carbonyl (C=O) groups is 1. The highest BCUT2D eigenvalue weighted by atomic mass is 32.2. The van der Waals surface area contributed by atoms with Crippen molar-refractivity contribution in [1.82, 2.24) is 4.90 Å². The average molecular weight is 301 g/mol. The van der Waals surface area contributed by atoms with E-state index in [0.29, 0.717) is 12.2 Å². The predicted molar refractivity (Wildman–Crippen MR) is 73.3 cm³/mol. The summed E-state index contributed by atoms with van der Waals surface area (Å²) in [6.07, 6.45) is 0.633. The molecule has 20 heavy (non-hydrogen) atoms. The van der Waals surface area contributed by atoms with Gasteiger partial charge in [-0.3, -0.25) is 4.90 Å². The van der Waals surface area contributed by atoms with Crippen LogP contribution in [0.1, 0.15) is 35.7 Å². The van der Waals surface area contributed by atoms with Crippen LogP contribution in [0.5, 0.6) is 0 Å². The van der Waals surface area contributed by atoms with Gasteiger partial charge in [-0.25, -0.2) is 13.2 Å². The van der Waals surface area contributed by atoms with Gasteiger partial charge in [0.15, 0.2) is 9.84 Å². The highest BCUT2D eigenvalue weighted by Crippen LogP contribution is 2.27. The molecule has 1 saturated heterocycles. The lowest BCUT2D eigenvalue weighted by atomic mass is 10.1. The Hall–Kier alpha value is -1.34. The molecule has 2 heterocycles. The van der Waals surface area contributed by atoms with Crippen molar-refractivity contribution in [2.45, 2.75) is 25.4 Å². The standard InChI is InChI=1S/C13H19NO5S/c1-9(11-4-5-12(19-11)13(15)18-3)14(2)10-6-7-20(16,17)8-10/h4-5,9-10H,6-8H2,1-3H3. The van der Waals surface area contributed by atoms with Gasteiger partial charge in [0, 0.05) is 6.04 Å². The molecule has 0 aromatic carbocycles. The lowest BCUT2D eigenvalue weighted by molar-refractivity contribution is 0.0558. The number of methoxy groups -OCH3 is 1. The molecule has 2 rings (SSSR count). The van der Waals surface area contributed by atoms with E-state index in [2.05, 4.69) is 4.74 Å². The van der Waals surface area contributed by atoms with Gasteiger partial charge in [-0.1, -0.05) is 0 Å². The minimum absolute atomic E-state index is 0.0123. The van der Waals surface area contributed by atoms with E-state index < -0.39 is 15.8 Å². The Bertz CT molecular complexity index is 592. The zero-order valence-electron chi connectivity index (χ0n) is 11.8. The average Bonchev–Trinajstić information content (AvgIpc) is 3.02. The van der Waals surface area contributed by atoms with Crippen LogP contribution in [0.15, 0.2) is 16.5 Å². The minimum atomic E-state index is -2.91. The van der Waals surface area contributed by atoms with Crippen molar-refractivity contribution in [2.75, 3.05) is 25.7 Å². The van der Waals surface area contributed by atoms with Crippen LogP contribution in [0, 0.1) is 0 Å². The van der Waals surface area contributed by atoms with E-state index in [9.17, 15) is 13.2 Å². The van der Waals surface area contributed by atoms with E-state index in [0.717, 1.165) is 0 Å². The monoisotopic (exact) mass is 301 g/mol. The summed E-state index contributed by atoms with van der Waals surface area (Å²) in [6.45, 7) is 1.92. The maximum Gasteiger partial charge on any atom is 0.373 e. The number of hydrogen-bond donors (Lipinski definition) is 0. The molecule has 0 aliphatic carbocycles. The summed E-state index contributed by atoms with van der Waals surface area (Å²) in [7, 11) is 0.252. The Kier molecular flexibility index (Phi) is 4.19. The number of ether oxygens (including phenoxy) is 1. The van der Waals surface area contributed by atoms with Gasteiger partial charge in [-0.05, 0) is 32.5 Å². The molecule has 0 spiro atoms. The second-order valence-electron chi connectivity index (χ2n) is 5.09. The molecule has 1 fully saturated rings. The van der Waals surface area contributed by atoms with Crippen LogP contribution in [0.2, 0.25) is 0 Å². The molecule has 0 N–H and O–H groups in total. The molecule has 2 unspecified atom stereocenters. The van der Waals surface area contributed by atoms with Crippen LogP contribution in [-0.2, 0) is 14.6 Å². The number of rotatable bonds is 4. The van der Waals surface area contributed by atoms with Crippen molar-refractivity contribution in [3.63, 3.8) is 0 Å². The smallest absolute Gasteiger partial charge is 0.373 e. The van der Waals surface area contributed by atoms with E-state index in [4.69, 9.17) is 4.42 Å². The minimum Gasteiger partial charge on any atom is -0.463 e. The third-order valence-electron chi connectivity index (χ3n) is 3.82. The zero-order chi connectivity index (χ0) is 14.9. The van der Waals surface area contributed by atoms with Crippen LogP contribution < -0.4 is 0 Å². The highest BCUT2D eigenvalue weighted by molar-refractivity contribution is 7.91. The lowest BCUT2D eigenvalue weighted by Gasteiger charge is -2.28. The van der Waals surface area contributed by atoms with Crippen molar-refractivity contribution < 1.29 is 22.4 Å². The first-order chi connectivity index (χ1) is 9.34. The summed E-state index contributed by atoms with van der Waals surface area (Å²) in [5.74, 6) is 0.673. The van der Waals surface area contributed by atoms with Crippen molar-refractivity contribution in [1.29, 1.82) is 0 Å². The third-order valence-corrected chi connectivity index (χ3v) is 5.57. The van der Waals surface area contributed by atoms with Gasteiger partial charge in [0.25, 0.3) is 0 Å². The second-order valence-corrected chi connectivity index (χ2v) is 7.32. The Morgan fingerprint density at radius 1 is 1.50 bits per heavy atom. The van der Waals surface area contributed by atoms with Gasteiger partial charge in [0.1, 0.15) is 5.76 Å². The van der Waals surface area contributed by atoms with Gasteiger partial charge in [0.05, 0.1) is 24.7 Å². The molecule has 1 aromatic rings. The second kappa shape index (κ2) is 5.57. The molecule has 0 amide bonds. The van der Waals surface area contributed by atoms with Crippen molar-refractivity contribution in [3.8, 4) is 0 Å². The van der Waals surface area contributed by atoms with E-state index in [-0.39, 0.29) is 29.3 Å². The summed E-state index contributed by atoms with van der Waals surface area (Å²) < 4.78 is 33.1. The van der Waals surface area contributed by atoms with Crippen LogP contribution in [0.25, 0.3) is 0 Å². The fraction of sp³-hybridized carbons (Fsp3) is 0.615. The number of furan rings is 1. The number of carbonyl (C=O) groups excluding carboxylic acids is 1. The fourth-order valence-corrected chi connectivity index (χ4v) is 4.19. The summed E-state index contributed by atoms with van der Waals surface area (Å²) in [6, 6.07) is 3.17. The van der Waals surface area contributed by atoms with Gasteiger partial charge in [-0.2, -0.15) is 0 Å². The SMILES string of the molecule is COC(=O)c1ccc(C(C)N(C)C2CCS(=O)(=O)C2)o1. The molecule has 0 saturated carbocycles. The molecule has 7 heteroatoms. The molecular weight excluding hydrogens is 282 g/mol. The topological polar surface area (TPSA) is 76.8 Å². The normalized spacial score (nSPS) is 22.9. The zero-order valence-corrected chi connectivity index (χ0v) is 12.6. The Morgan fingerprint density at radius 2 is 2.20 bits per heavy atom. The van der Waals surface area contributed by atoms with Gasteiger partial charge in [-0.15, -0.1) is 0 Å². The molecule has 1 aliphatic rings. The summed E-state index contributed by atoms with van der Waals surface area (Å²) >= 11 is 0. The predicted octanol–water partition coefficient (Wildman–Crippen LogP) is 1.25. The van der Waals surface area contributed by atoms with E-state index in [1.165, 1.54) is 7.11 Å².